The summed E-state index contributed by atoms with van der Waals surface area (Å²) in [5.74, 6) is -0.653. The molecule has 1 rings (SSSR count). The number of hydroxylamine groups is 4. The molecule has 0 bridgehead atoms. The number of carbonyl (C=O) groups is 1. The highest BCUT2D eigenvalue weighted by atomic mass is 16.6. The van der Waals surface area contributed by atoms with Crippen LogP contribution in [-0.2, 0) is 4.79 Å². The summed E-state index contributed by atoms with van der Waals surface area (Å²) in [5, 5.41) is 20.8. The van der Waals surface area contributed by atoms with Crippen LogP contribution in [0.1, 0.15) is 0 Å². The van der Waals surface area contributed by atoms with E-state index >= 15 is 0 Å². The average Bonchev–Trinajstić information content (AvgIpc) is 1.85. The van der Waals surface area contributed by atoms with Gasteiger partial charge in [-0.2, -0.15) is 0 Å². The predicted molar refractivity (Wildman–Crippen MR) is 25.2 cm³/mol. The van der Waals surface area contributed by atoms with Crippen LogP contribution in [0.4, 0.5) is 0 Å². The molecule has 0 saturated carbocycles. The lowest BCUT2D eigenvalue weighted by molar-refractivity contribution is -0.124. The van der Waals surface area contributed by atoms with Gasteiger partial charge < -0.3 is 20.5 Å². The Bertz CT molecular complexity index is 115. The first-order valence-electron chi connectivity index (χ1n) is 2.10. The van der Waals surface area contributed by atoms with E-state index in [2.05, 4.69) is 0 Å². The minimum atomic E-state index is -0.653. The molecule has 1 fully saturated rings. The molecule has 0 radical (unpaired) electrons. The van der Waals surface area contributed by atoms with E-state index in [4.69, 9.17) is 0 Å². The van der Waals surface area contributed by atoms with Crippen LogP contribution in [0.15, 0.2) is 0 Å². The van der Waals surface area contributed by atoms with Crippen LogP contribution in [-0.4, -0.2) is 29.2 Å². The highest BCUT2D eigenvalue weighted by Crippen LogP contribution is 2.00. The maximum atomic E-state index is 10.2. The Morgan fingerprint density at radius 2 is 2.12 bits per heavy atom. The first kappa shape index (κ1) is 5.49. The highest BCUT2D eigenvalue weighted by molar-refractivity contribution is 5.80. The highest BCUT2D eigenvalue weighted by Gasteiger charge is 2.12. The average molecular weight is 116 g/mol. The SMILES string of the molecule is O=C1CN([O-])CN1[O-]. The number of rotatable bonds is 0. The second-order valence-corrected chi connectivity index (χ2v) is 1.55. The van der Waals surface area contributed by atoms with E-state index in [9.17, 15) is 15.2 Å². The standard InChI is InChI=1S/C3H4N2O3/c6-3-1-4(7)2-5(3)8/h1-2H2/q-2. The zero-order valence-corrected chi connectivity index (χ0v) is 4.03. The molecule has 1 aliphatic rings. The van der Waals surface area contributed by atoms with Crippen molar-refractivity contribution in [1.29, 1.82) is 0 Å². The fourth-order valence-electron chi connectivity index (χ4n) is 0.502. The summed E-state index contributed by atoms with van der Waals surface area (Å²) in [5.41, 5.74) is 0. The van der Waals surface area contributed by atoms with Gasteiger partial charge in [-0.25, -0.2) is 0 Å². The first-order chi connectivity index (χ1) is 3.70. The number of hydrogen-bond donors (Lipinski definition) is 0. The van der Waals surface area contributed by atoms with Gasteiger partial charge in [-0.05, 0) is 0 Å². The molecular formula is C3H4N2O3-2. The Morgan fingerprint density at radius 1 is 1.50 bits per heavy atom. The Labute approximate surface area is 45.6 Å². The summed E-state index contributed by atoms with van der Waals surface area (Å²) in [7, 11) is 0. The van der Waals surface area contributed by atoms with E-state index in [0.717, 1.165) is 0 Å². The minimum absolute atomic E-state index is 0.146. The van der Waals surface area contributed by atoms with E-state index in [0.29, 0.717) is 5.06 Å². The quantitative estimate of drug-likeness (QED) is 0.410. The summed E-state index contributed by atoms with van der Waals surface area (Å²) in [6, 6.07) is 0. The summed E-state index contributed by atoms with van der Waals surface area (Å²) in [6.07, 6.45) is 0. The van der Waals surface area contributed by atoms with Crippen molar-refractivity contribution in [2.24, 2.45) is 0 Å². The third kappa shape index (κ3) is 0.786. The molecule has 1 aliphatic heterocycles. The minimum Gasteiger partial charge on any atom is -0.784 e. The topological polar surface area (TPSA) is 69.7 Å². The van der Waals surface area contributed by atoms with Crippen molar-refractivity contribution < 1.29 is 4.79 Å². The van der Waals surface area contributed by atoms with Crippen molar-refractivity contribution in [3.05, 3.63) is 10.4 Å². The first-order valence-corrected chi connectivity index (χ1v) is 2.10. The maximum Gasteiger partial charge on any atom is 0.226 e. The summed E-state index contributed by atoms with van der Waals surface area (Å²) >= 11 is 0. The van der Waals surface area contributed by atoms with Crippen LogP contribution in [0.2, 0.25) is 0 Å². The van der Waals surface area contributed by atoms with Crippen molar-refractivity contribution >= 4 is 5.91 Å². The van der Waals surface area contributed by atoms with Crippen LogP contribution >= 0.6 is 0 Å². The lowest BCUT2D eigenvalue weighted by Gasteiger charge is -2.24. The molecule has 0 aromatic rings. The molecular weight excluding hydrogens is 112 g/mol. The van der Waals surface area contributed by atoms with Crippen LogP contribution in [0.3, 0.4) is 0 Å². The number of nitrogens with zero attached hydrogens (tertiary/aromatic N) is 2. The van der Waals surface area contributed by atoms with E-state index in [-0.39, 0.29) is 18.3 Å². The zero-order valence-electron chi connectivity index (χ0n) is 4.03. The summed E-state index contributed by atoms with van der Waals surface area (Å²) in [4.78, 5) is 10.2. The molecule has 1 saturated heterocycles. The largest absolute Gasteiger partial charge is 0.784 e. The van der Waals surface area contributed by atoms with Gasteiger partial charge in [-0.15, -0.1) is 0 Å². The van der Waals surface area contributed by atoms with Gasteiger partial charge in [0.25, 0.3) is 0 Å². The Morgan fingerprint density at radius 3 is 2.25 bits per heavy atom. The zero-order chi connectivity index (χ0) is 6.15. The summed E-state index contributed by atoms with van der Waals surface area (Å²) < 4.78 is 0. The van der Waals surface area contributed by atoms with Crippen molar-refractivity contribution in [2.75, 3.05) is 13.2 Å². The Balaban J connectivity index is 2.51. The maximum absolute atomic E-state index is 10.2. The lowest BCUT2D eigenvalue weighted by atomic mass is 10.6. The second kappa shape index (κ2) is 1.70. The number of hydrogen-bond acceptors (Lipinski definition) is 4. The molecule has 0 atom stereocenters. The van der Waals surface area contributed by atoms with Crippen LogP contribution in [0, 0.1) is 10.4 Å². The molecule has 8 heavy (non-hydrogen) atoms. The van der Waals surface area contributed by atoms with Gasteiger partial charge in [0.1, 0.15) is 0 Å². The number of carbonyl (C=O) groups excluding carboxylic acids is 1. The third-order valence-electron chi connectivity index (χ3n) is 0.876. The van der Waals surface area contributed by atoms with Gasteiger partial charge in [-0.3, -0.25) is 4.79 Å². The second-order valence-electron chi connectivity index (χ2n) is 1.55. The summed E-state index contributed by atoms with van der Waals surface area (Å²) in [6.45, 7) is -0.623. The molecule has 5 heteroatoms. The molecule has 0 aliphatic carbocycles. The van der Waals surface area contributed by atoms with Crippen LogP contribution in [0.25, 0.3) is 0 Å². The molecule has 0 aromatic heterocycles. The van der Waals surface area contributed by atoms with Crippen LogP contribution in [0.5, 0.6) is 0 Å². The van der Waals surface area contributed by atoms with E-state index < -0.39 is 5.91 Å². The molecule has 0 N–H and O–H groups in total. The Hall–Kier alpha value is -0.650. The third-order valence-corrected chi connectivity index (χ3v) is 0.876. The number of amides is 1. The lowest BCUT2D eigenvalue weighted by Crippen LogP contribution is -2.18. The van der Waals surface area contributed by atoms with Crippen molar-refractivity contribution in [1.82, 2.24) is 10.1 Å². The van der Waals surface area contributed by atoms with Crippen molar-refractivity contribution in [3.63, 3.8) is 0 Å². The molecule has 0 unspecified atom stereocenters. The van der Waals surface area contributed by atoms with Gasteiger partial charge in [0.15, 0.2) is 0 Å². The molecule has 46 valence electrons. The fourth-order valence-corrected chi connectivity index (χ4v) is 0.502. The van der Waals surface area contributed by atoms with Gasteiger partial charge in [0.05, 0.1) is 13.2 Å². The van der Waals surface area contributed by atoms with Gasteiger partial charge in [-0.1, -0.05) is 0 Å². The molecule has 1 amide bonds. The normalized spacial score (nSPS) is 22.8. The molecule has 0 spiro atoms. The monoisotopic (exact) mass is 116 g/mol. The van der Waals surface area contributed by atoms with E-state index in [1.54, 1.807) is 0 Å². The van der Waals surface area contributed by atoms with Crippen molar-refractivity contribution in [3.8, 4) is 0 Å². The molecule has 1 heterocycles. The van der Waals surface area contributed by atoms with Gasteiger partial charge >= 0.3 is 0 Å². The Kier molecular flexibility index (Phi) is 1.16. The van der Waals surface area contributed by atoms with Crippen LogP contribution < -0.4 is 0 Å². The van der Waals surface area contributed by atoms with Gasteiger partial charge in [0.2, 0.25) is 5.91 Å². The fraction of sp³-hybridized carbons (Fsp3) is 0.667. The van der Waals surface area contributed by atoms with Gasteiger partial charge in [0, 0.05) is 0 Å². The molecule has 0 aromatic carbocycles. The molecule has 5 nitrogen and oxygen atoms in total. The van der Waals surface area contributed by atoms with E-state index in [1.165, 1.54) is 0 Å². The smallest absolute Gasteiger partial charge is 0.226 e. The van der Waals surface area contributed by atoms with E-state index in [1.807, 2.05) is 0 Å². The van der Waals surface area contributed by atoms with Crippen molar-refractivity contribution in [2.45, 2.75) is 0 Å². The predicted octanol–water partition coefficient (Wildman–Crippen LogP) is -0.916.